The molecular weight excluding hydrogens is 401 g/mol. The van der Waals surface area contributed by atoms with Gasteiger partial charge in [0.25, 0.3) is 0 Å². The van der Waals surface area contributed by atoms with Gasteiger partial charge in [0, 0.05) is 40.4 Å². The van der Waals surface area contributed by atoms with Gasteiger partial charge in [-0.1, -0.05) is 59.6 Å². The molecule has 2 aliphatic rings. The summed E-state index contributed by atoms with van der Waals surface area (Å²) in [6.45, 7) is 0. The summed E-state index contributed by atoms with van der Waals surface area (Å²) in [4.78, 5) is 11.8. The molecule has 0 radical (unpaired) electrons. The average molecular weight is 424 g/mol. The van der Waals surface area contributed by atoms with E-state index >= 15 is 0 Å². The van der Waals surface area contributed by atoms with Gasteiger partial charge >= 0.3 is 0 Å². The zero-order valence-electron chi connectivity index (χ0n) is 16.1. The van der Waals surface area contributed by atoms with Gasteiger partial charge in [0.15, 0.2) is 0 Å². The number of hydrogen-bond donors (Lipinski definition) is 0. The van der Waals surface area contributed by atoms with Crippen LogP contribution in [0.15, 0.2) is 67.0 Å². The molecule has 2 aromatic carbocycles. The summed E-state index contributed by atoms with van der Waals surface area (Å²) < 4.78 is 0. The van der Waals surface area contributed by atoms with E-state index in [1.807, 2.05) is 42.7 Å². The van der Waals surface area contributed by atoms with Gasteiger partial charge in [0.05, 0.1) is 6.04 Å². The lowest BCUT2D eigenvalue weighted by atomic mass is 9.86. The van der Waals surface area contributed by atoms with Crippen LogP contribution in [0.2, 0.25) is 10.0 Å². The van der Waals surface area contributed by atoms with Gasteiger partial charge in [0.1, 0.15) is 5.82 Å². The summed E-state index contributed by atoms with van der Waals surface area (Å²) in [6, 6.07) is 19.2. The van der Waals surface area contributed by atoms with Crippen molar-refractivity contribution in [1.82, 2.24) is 14.9 Å². The Hall–Kier alpha value is -1.94. The van der Waals surface area contributed by atoms with Crippen LogP contribution in [0.4, 0.5) is 0 Å². The van der Waals surface area contributed by atoms with Crippen LogP contribution in [0.25, 0.3) is 0 Å². The minimum atomic E-state index is 0.0625. The van der Waals surface area contributed by atoms with E-state index in [4.69, 9.17) is 23.2 Å². The molecule has 2 fully saturated rings. The van der Waals surface area contributed by atoms with Gasteiger partial charge in [-0.3, -0.25) is 4.90 Å². The van der Waals surface area contributed by atoms with Crippen molar-refractivity contribution in [3.05, 3.63) is 94.0 Å². The SMILES string of the molecule is Clc1ccccc1C(c1ccccc1Cl)N1C2CCC1CC(c1ncccn1)C2. The molecule has 0 aliphatic carbocycles. The third kappa shape index (κ3) is 3.56. The maximum Gasteiger partial charge on any atom is 0.131 e. The predicted molar refractivity (Wildman–Crippen MR) is 117 cm³/mol. The average Bonchev–Trinajstić information content (AvgIpc) is 3.00. The lowest BCUT2D eigenvalue weighted by Gasteiger charge is -2.44. The summed E-state index contributed by atoms with van der Waals surface area (Å²) in [5, 5.41) is 1.59. The third-order valence-electron chi connectivity index (χ3n) is 6.44. The Labute approximate surface area is 181 Å². The van der Waals surface area contributed by atoms with Crippen LogP contribution in [0.5, 0.6) is 0 Å². The highest BCUT2D eigenvalue weighted by molar-refractivity contribution is 6.32. The molecule has 3 nitrogen and oxygen atoms in total. The van der Waals surface area contributed by atoms with E-state index in [9.17, 15) is 0 Å². The van der Waals surface area contributed by atoms with Gasteiger partial charge in [-0.2, -0.15) is 0 Å². The molecule has 2 atom stereocenters. The summed E-state index contributed by atoms with van der Waals surface area (Å²) in [5.41, 5.74) is 2.27. The second-order valence-corrected chi connectivity index (χ2v) is 8.87. The van der Waals surface area contributed by atoms with Crippen molar-refractivity contribution in [2.24, 2.45) is 0 Å². The van der Waals surface area contributed by atoms with Crippen molar-refractivity contribution in [2.75, 3.05) is 0 Å². The maximum absolute atomic E-state index is 6.69. The zero-order chi connectivity index (χ0) is 19.8. The highest BCUT2D eigenvalue weighted by Gasteiger charge is 2.46. The van der Waals surface area contributed by atoms with Gasteiger partial charge < -0.3 is 0 Å². The van der Waals surface area contributed by atoms with E-state index in [1.54, 1.807) is 0 Å². The Morgan fingerprint density at radius 2 is 1.28 bits per heavy atom. The first kappa shape index (κ1) is 19.0. The normalized spacial score (nSPS) is 24.2. The molecule has 5 heteroatoms. The number of aromatic nitrogens is 2. The van der Waals surface area contributed by atoms with E-state index < -0.39 is 0 Å². The van der Waals surface area contributed by atoms with Crippen molar-refractivity contribution in [3.63, 3.8) is 0 Å². The van der Waals surface area contributed by atoms with Crippen LogP contribution in [0.3, 0.4) is 0 Å². The molecule has 29 heavy (non-hydrogen) atoms. The number of halogens is 2. The van der Waals surface area contributed by atoms with Crippen molar-refractivity contribution in [3.8, 4) is 0 Å². The number of piperidine rings is 1. The monoisotopic (exact) mass is 423 g/mol. The van der Waals surface area contributed by atoms with Gasteiger partial charge in [-0.05, 0) is 55.0 Å². The van der Waals surface area contributed by atoms with E-state index in [0.717, 1.165) is 39.8 Å². The fraction of sp³-hybridized carbons (Fsp3) is 0.333. The van der Waals surface area contributed by atoms with Crippen LogP contribution < -0.4 is 0 Å². The van der Waals surface area contributed by atoms with Crippen LogP contribution >= 0.6 is 23.2 Å². The quantitative estimate of drug-likeness (QED) is 0.493. The second kappa shape index (κ2) is 8.06. The smallest absolute Gasteiger partial charge is 0.131 e. The fourth-order valence-electron chi connectivity index (χ4n) is 5.25. The lowest BCUT2D eigenvalue weighted by molar-refractivity contribution is 0.0917. The molecule has 0 saturated carbocycles. The summed E-state index contributed by atoms with van der Waals surface area (Å²) in [5.74, 6) is 1.40. The predicted octanol–water partition coefficient (Wildman–Crippen LogP) is 6.28. The molecule has 3 aromatic rings. The topological polar surface area (TPSA) is 29.0 Å². The van der Waals surface area contributed by atoms with Crippen molar-refractivity contribution in [1.29, 1.82) is 0 Å². The third-order valence-corrected chi connectivity index (χ3v) is 7.13. The van der Waals surface area contributed by atoms with E-state index in [1.165, 1.54) is 12.8 Å². The Bertz CT molecular complexity index is 935. The first-order chi connectivity index (χ1) is 14.2. The zero-order valence-corrected chi connectivity index (χ0v) is 17.6. The first-order valence-electron chi connectivity index (χ1n) is 10.3. The van der Waals surface area contributed by atoms with Gasteiger partial charge in [-0.15, -0.1) is 0 Å². The summed E-state index contributed by atoms with van der Waals surface area (Å²) in [6.07, 6.45) is 8.25. The van der Waals surface area contributed by atoms with Crippen molar-refractivity contribution in [2.45, 2.75) is 49.7 Å². The standard InChI is InChI=1S/C24H23Cl2N3/c25-21-8-3-1-6-19(21)23(20-7-2-4-9-22(20)26)29-17-10-11-18(29)15-16(14-17)24-27-12-5-13-28-24/h1-9,12-13,16-18,23H,10-11,14-15H2. The molecule has 0 N–H and O–H groups in total. The number of rotatable bonds is 4. The number of fused-ring (bicyclic) bond motifs is 2. The number of benzene rings is 2. The minimum Gasteiger partial charge on any atom is -0.286 e. The Kier molecular flexibility index (Phi) is 5.29. The summed E-state index contributed by atoms with van der Waals surface area (Å²) in [7, 11) is 0. The molecule has 2 unspecified atom stereocenters. The molecule has 1 aromatic heterocycles. The first-order valence-corrected chi connectivity index (χ1v) is 11.0. The number of nitrogens with zero attached hydrogens (tertiary/aromatic N) is 3. The van der Waals surface area contributed by atoms with E-state index in [-0.39, 0.29) is 6.04 Å². The van der Waals surface area contributed by atoms with Crippen molar-refractivity contribution >= 4 is 23.2 Å². The highest BCUT2D eigenvalue weighted by atomic mass is 35.5. The molecule has 3 heterocycles. The Morgan fingerprint density at radius 3 is 1.79 bits per heavy atom. The Balaban J connectivity index is 1.54. The van der Waals surface area contributed by atoms with Gasteiger partial charge in [0.2, 0.25) is 0 Å². The van der Waals surface area contributed by atoms with Crippen LogP contribution in [0.1, 0.15) is 54.6 Å². The summed E-state index contributed by atoms with van der Waals surface area (Å²) >= 11 is 13.4. The van der Waals surface area contributed by atoms with Crippen LogP contribution in [-0.2, 0) is 0 Å². The highest BCUT2D eigenvalue weighted by Crippen LogP contribution is 2.49. The fourth-order valence-corrected chi connectivity index (χ4v) is 5.73. The maximum atomic E-state index is 6.69. The van der Waals surface area contributed by atoms with Gasteiger partial charge in [-0.25, -0.2) is 9.97 Å². The molecule has 0 spiro atoms. The second-order valence-electron chi connectivity index (χ2n) is 8.05. The van der Waals surface area contributed by atoms with Crippen LogP contribution in [-0.4, -0.2) is 27.0 Å². The largest absolute Gasteiger partial charge is 0.286 e. The number of hydrogen-bond acceptors (Lipinski definition) is 3. The molecule has 2 saturated heterocycles. The Morgan fingerprint density at radius 1 is 0.759 bits per heavy atom. The molecule has 148 valence electrons. The van der Waals surface area contributed by atoms with Crippen molar-refractivity contribution < 1.29 is 0 Å². The minimum absolute atomic E-state index is 0.0625. The molecular formula is C24H23Cl2N3. The lowest BCUT2D eigenvalue weighted by Crippen LogP contribution is -2.45. The van der Waals surface area contributed by atoms with E-state index in [0.29, 0.717) is 18.0 Å². The molecule has 5 rings (SSSR count). The van der Waals surface area contributed by atoms with E-state index in [2.05, 4.69) is 39.1 Å². The molecule has 2 aliphatic heterocycles. The molecule has 0 amide bonds. The molecule has 2 bridgehead atoms. The van der Waals surface area contributed by atoms with Crippen LogP contribution in [0, 0.1) is 0 Å².